The molecule has 1 aromatic rings. The van der Waals surface area contributed by atoms with Crippen molar-refractivity contribution in [3.63, 3.8) is 0 Å². The van der Waals surface area contributed by atoms with Crippen molar-refractivity contribution in [2.45, 2.75) is 45.0 Å². The highest BCUT2D eigenvalue weighted by atomic mass is 19.4. The zero-order chi connectivity index (χ0) is 13.9. The molecule has 2 unspecified atom stereocenters. The molecule has 0 amide bonds. The van der Waals surface area contributed by atoms with Gasteiger partial charge in [-0.05, 0) is 30.9 Å². The number of halogens is 3. The van der Waals surface area contributed by atoms with E-state index in [2.05, 4.69) is 17.0 Å². The zero-order valence-corrected chi connectivity index (χ0v) is 10.8. The number of nitrogens with one attached hydrogen (secondary N) is 1. The van der Waals surface area contributed by atoms with Crippen molar-refractivity contribution in [2.75, 3.05) is 5.32 Å². The third-order valence-corrected chi connectivity index (χ3v) is 3.53. The minimum atomic E-state index is -4.64. The number of benzene rings is 1. The van der Waals surface area contributed by atoms with E-state index in [0.717, 1.165) is 12.8 Å². The summed E-state index contributed by atoms with van der Waals surface area (Å²) in [6.07, 6.45) is -0.0179. The van der Waals surface area contributed by atoms with Gasteiger partial charge in [-0.1, -0.05) is 25.8 Å². The fourth-order valence-electron chi connectivity index (χ4n) is 2.53. The predicted octanol–water partition coefficient (Wildman–Crippen LogP) is 4.58. The molecule has 1 aromatic carbocycles. The largest absolute Gasteiger partial charge is 0.573 e. The Labute approximate surface area is 111 Å². The molecule has 2 rings (SSSR count). The van der Waals surface area contributed by atoms with Gasteiger partial charge in [-0.15, -0.1) is 13.2 Å². The lowest BCUT2D eigenvalue weighted by atomic mass is 9.86. The van der Waals surface area contributed by atoms with E-state index >= 15 is 0 Å². The predicted molar refractivity (Wildman–Crippen MR) is 68.2 cm³/mol. The second-order valence-electron chi connectivity index (χ2n) is 5.09. The summed E-state index contributed by atoms with van der Waals surface area (Å²) in [7, 11) is 0. The van der Waals surface area contributed by atoms with Crippen LogP contribution in [-0.4, -0.2) is 12.4 Å². The van der Waals surface area contributed by atoms with Crippen LogP contribution in [0.15, 0.2) is 24.3 Å². The fourth-order valence-corrected chi connectivity index (χ4v) is 2.53. The summed E-state index contributed by atoms with van der Waals surface area (Å²) in [5.41, 5.74) is 0.681. The number of ether oxygens (including phenoxy) is 1. The van der Waals surface area contributed by atoms with E-state index in [-0.39, 0.29) is 5.75 Å². The minimum Gasteiger partial charge on any atom is -0.406 e. The lowest BCUT2D eigenvalue weighted by molar-refractivity contribution is -0.274. The topological polar surface area (TPSA) is 21.3 Å². The van der Waals surface area contributed by atoms with Crippen LogP contribution in [-0.2, 0) is 0 Å². The molecule has 1 N–H and O–H groups in total. The first-order chi connectivity index (χ1) is 8.94. The summed E-state index contributed by atoms with van der Waals surface area (Å²) < 4.78 is 40.4. The minimum absolute atomic E-state index is 0.180. The van der Waals surface area contributed by atoms with E-state index in [1.54, 1.807) is 12.1 Å². The Morgan fingerprint density at radius 1 is 1.21 bits per heavy atom. The number of hydrogen-bond donors (Lipinski definition) is 1. The van der Waals surface area contributed by atoms with Crippen molar-refractivity contribution < 1.29 is 17.9 Å². The molecule has 0 spiro atoms. The van der Waals surface area contributed by atoms with Crippen molar-refractivity contribution in [2.24, 2.45) is 5.92 Å². The van der Waals surface area contributed by atoms with Crippen molar-refractivity contribution in [1.29, 1.82) is 0 Å². The molecule has 1 fully saturated rings. The molecule has 0 bridgehead atoms. The molecule has 1 aliphatic rings. The molecule has 0 heterocycles. The maximum absolute atomic E-state index is 12.2. The molecule has 0 aliphatic heterocycles. The van der Waals surface area contributed by atoms with Gasteiger partial charge in [0, 0.05) is 17.8 Å². The molecule has 1 saturated carbocycles. The van der Waals surface area contributed by atoms with Crippen LogP contribution in [0.5, 0.6) is 5.75 Å². The highest BCUT2D eigenvalue weighted by Crippen LogP contribution is 2.29. The van der Waals surface area contributed by atoms with Gasteiger partial charge >= 0.3 is 6.36 Å². The van der Waals surface area contributed by atoms with Gasteiger partial charge in [-0.2, -0.15) is 0 Å². The van der Waals surface area contributed by atoms with Crippen LogP contribution in [0, 0.1) is 5.92 Å². The lowest BCUT2D eigenvalue weighted by Crippen LogP contribution is -2.30. The average molecular weight is 273 g/mol. The van der Waals surface area contributed by atoms with Crippen LogP contribution in [0.1, 0.15) is 32.6 Å². The Morgan fingerprint density at radius 3 is 2.63 bits per heavy atom. The Morgan fingerprint density at radius 2 is 1.95 bits per heavy atom. The summed E-state index contributed by atoms with van der Waals surface area (Å²) in [4.78, 5) is 0. The highest BCUT2D eigenvalue weighted by Gasteiger charge is 2.31. The normalized spacial score (nSPS) is 24.0. The quantitative estimate of drug-likeness (QED) is 0.870. The molecule has 106 valence electrons. The number of rotatable bonds is 3. The fraction of sp³-hybridized carbons (Fsp3) is 0.571. The molecule has 5 heteroatoms. The third-order valence-electron chi connectivity index (χ3n) is 3.53. The van der Waals surface area contributed by atoms with Crippen molar-refractivity contribution in [3.8, 4) is 5.75 Å². The average Bonchev–Trinajstić information content (AvgIpc) is 2.30. The summed E-state index contributed by atoms with van der Waals surface area (Å²) in [6, 6.07) is 6.37. The zero-order valence-electron chi connectivity index (χ0n) is 10.8. The van der Waals surface area contributed by atoms with E-state index in [1.807, 2.05) is 0 Å². The van der Waals surface area contributed by atoms with Gasteiger partial charge in [-0.3, -0.25) is 0 Å². The third kappa shape index (κ3) is 4.33. The second kappa shape index (κ2) is 5.72. The molecule has 19 heavy (non-hydrogen) atoms. The van der Waals surface area contributed by atoms with Gasteiger partial charge in [0.05, 0.1) is 0 Å². The highest BCUT2D eigenvalue weighted by molar-refractivity contribution is 5.49. The first-order valence-corrected chi connectivity index (χ1v) is 6.56. The van der Waals surface area contributed by atoms with E-state index in [0.29, 0.717) is 17.6 Å². The van der Waals surface area contributed by atoms with Crippen molar-refractivity contribution in [3.05, 3.63) is 24.3 Å². The Hall–Kier alpha value is -1.39. The first-order valence-electron chi connectivity index (χ1n) is 6.56. The summed E-state index contributed by atoms with van der Waals surface area (Å²) >= 11 is 0. The monoisotopic (exact) mass is 273 g/mol. The van der Waals surface area contributed by atoms with Crippen LogP contribution >= 0.6 is 0 Å². The van der Waals surface area contributed by atoms with Gasteiger partial charge in [0.25, 0.3) is 0 Å². The maximum atomic E-state index is 12.2. The molecule has 2 nitrogen and oxygen atoms in total. The van der Waals surface area contributed by atoms with E-state index in [4.69, 9.17) is 0 Å². The smallest absolute Gasteiger partial charge is 0.406 e. The van der Waals surface area contributed by atoms with Crippen LogP contribution in [0.4, 0.5) is 18.9 Å². The standard InChI is InChI=1S/C14H18F3NO/c1-10-5-2-3-8-13(10)18-11-6-4-7-12(9-11)19-14(15,16)17/h4,6-7,9-10,13,18H,2-3,5,8H2,1H3. The van der Waals surface area contributed by atoms with Crippen LogP contribution in [0.3, 0.4) is 0 Å². The van der Waals surface area contributed by atoms with Crippen molar-refractivity contribution in [1.82, 2.24) is 0 Å². The van der Waals surface area contributed by atoms with Gasteiger partial charge in [0.1, 0.15) is 5.75 Å². The molecule has 1 aliphatic carbocycles. The Kier molecular flexibility index (Phi) is 4.22. The number of hydrogen-bond acceptors (Lipinski definition) is 2. The van der Waals surface area contributed by atoms with E-state index in [1.165, 1.54) is 25.0 Å². The SMILES string of the molecule is CC1CCCCC1Nc1cccc(OC(F)(F)F)c1. The van der Waals surface area contributed by atoms with Crippen LogP contribution < -0.4 is 10.1 Å². The lowest BCUT2D eigenvalue weighted by Gasteiger charge is -2.30. The summed E-state index contributed by atoms with van der Waals surface area (Å²) in [5, 5.41) is 3.31. The van der Waals surface area contributed by atoms with E-state index < -0.39 is 6.36 Å². The molecule has 0 aromatic heterocycles. The van der Waals surface area contributed by atoms with E-state index in [9.17, 15) is 13.2 Å². The Bertz CT molecular complexity index is 419. The molecule has 0 radical (unpaired) electrons. The Balaban J connectivity index is 2.02. The molecule has 2 atom stereocenters. The van der Waals surface area contributed by atoms with Gasteiger partial charge in [0.2, 0.25) is 0 Å². The molecular formula is C14H18F3NO. The van der Waals surface area contributed by atoms with Crippen LogP contribution in [0.2, 0.25) is 0 Å². The van der Waals surface area contributed by atoms with Gasteiger partial charge in [-0.25, -0.2) is 0 Å². The number of anilines is 1. The maximum Gasteiger partial charge on any atom is 0.573 e. The number of alkyl halides is 3. The molecule has 0 saturated heterocycles. The second-order valence-corrected chi connectivity index (χ2v) is 5.09. The summed E-state index contributed by atoms with van der Waals surface area (Å²) in [6.45, 7) is 2.17. The van der Waals surface area contributed by atoms with Gasteiger partial charge in [0.15, 0.2) is 0 Å². The summed E-state index contributed by atoms with van der Waals surface area (Å²) in [5.74, 6) is 0.363. The van der Waals surface area contributed by atoms with Gasteiger partial charge < -0.3 is 10.1 Å². The van der Waals surface area contributed by atoms with Crippen molar-refractivity contribution >= 4 is 5.69 Å². The molecular weight excluding hydrogens is 255 g/mol. The van der Waals surface area contributed by atoms with Crippen LogP contribution in [0.25, 0.3) is 0 Å². The first kappa shape index (κ1) is 14.0.